The van der Waals surface area contributed by atoms with E-state index in [4.69, 9.17) is 0 Å². The Morgan fingerprint density at radius 1 is 1.12 bits per heavy atom. The van der Waals surface area contributed by atoms with Crippen molar-refractivity contribution in [1.82, 2.24) is 9.47 Å². The summed E-state index contributed by atoms with van der Waals surface area (Å²) in [7, 11) is 3.51. The van der Waals surface area contributed by atoms with Crippen LogP contribution in [0.5, 0.6) is 0 Å². The summed E-state index contributed by atoms with van der Waals surface area (Å²) in [6, 6.07) is 12.0. The number of nitrogens with zero attached hydrogens (tertiary/aromatic N) is 2. The highest BCUT2D eigenvalue weighted by Crippen LogP contribution is 2.24. The molecule has 0 spiro atoms. The van der Waals surface area contributed by atoms with E-state index in [1.807, 2.05) is 49.5 Å². The van der Waals surface area contributed by atoms with Gasteiger partial charge in [-0.1, -0.05) is 30.3 Å². The van der Waals surface area contributed by atoms with Gasteiger partial charge in [-0.15, -0.1) is 0 Å². The lowest BCUT2D eigenvalue weighted by Crippen LogP contribution is -2.27. The molecule has 1 aromatic carbocycles. The van der Waals surface area contributed by atoms with Crippen LogP contribution in [0.15, 0.2) is 42.6 Å². The zero-order valence-electron chi connectivity index (χ0n) is 10.3. The summed E-state index contributed by atoms with van der Waals surface area (Å²) in [5.74, 6) is 0. The van der Waals surface area contributed by atoms with Crippen LogP contribution in [-0.4, -0.2) is 29.6 Å². The second-order valence-electron chi connectivity index (χ2n) is 4.23. The van der Waals surface area contributed by atoms with E-state index in [0.717, 1.165) is 16.8 Å². The van der Waals surface area contributed by atoms with Crippen LogP contribution in [0.1, 0.15) is 5.69 Å². The van der Waals surface area contributed by atoms with E-state index in [2.05, 4.69) is 0 Å². The summed E-state index contributed by atoms with van der Waals surface area (Å²) in [4.78, 5) is 13.5. The molecule has 1 heterocycles. The van der Waals surface area contributed by atoms with Crippen LogP contribution in [0.3, 0.4) is 0 Å². The van der Waals surface area contributed by atoms with E-state index in [9.17, 15) is 4.79 Å². The smallest absolute Gasteiger partial charge is 0.327 e. The number of carbonyl (C=O) groups is 1. The third kappa shape index (κ3) is 2.09. The maximum Gasteiger partial charge on any atom is 0.327 e. The molecule has 0 atom stereocenters. The van der Waals surface area contributed by atoms with Crippen LogP contribution in [0.25, 0.3) is 11.1 Å². The van der Waals surface area contributed by atoms with Gasteiger partial charge in [0.2, 0.25) is 0 Å². The van der Waals surface area contributed by atoms with Crippen molar-refractivity contribution in [2.75, 3.05) is 14.1 Å². The lowest BCUT2D eigenvalue weighted by molar-refractivity contribution is 0.218. The Morgan fingerprint density at radius 2 is 1.76 bits per heavy atom. The first-order valence-corrected chi connectivity index (χ1v) is 5.56. The first kappa shape index (κ1) is 11.5. The van der Waals surface area contributed by atoms with Crippen LogP contribution in [-0.2, 0) is 0 Å². The van der Waals surface area contributed by atoms with Gasteiger partial charge in [-0.05, 0) is 18.6 Å². The molecular weight excluding hydrogens is 212 g/mol. The Bertz CT molecular complexity index is 526. The zero-order valence-corrected chi connectivity index (χ0v) is 10.3. The SMILES string of the molecule is Cc1c(-c2ccccc2)ccn1C(=O)N(C)C. The molecule has 0 saturated carbocycles. The second kappa shape index (κ2) is 4.45. The van der Waals surface area contributed by atoms with Crippen molar-refractivity contribution in [2.24, 2.45) is 0 Å². The summed E-state index contributed by atoms with van der Waals surface area (Å²) < 4.78 is 1.67. The molecule has 0 saturated heterocycles. The third-order valence-electron chi connectivity index (χ3n) is 2.81. The van der Waals surface area contributed by atoms with Gasteiger partial charge in [0.15, 0.2) is 0 Å². The lowest BCUT2D eigenvalue weighted by atomic mass is 10.1. The lowest BCUT2D eigenvalue weighted by Gasteiger charge is -2.12. The highest BCUT2D eigenvalue weighted by atomic mass is 16.2. The van der Waals surface area contributed by atoms with Crippen molar-refractivity contribution in [3.05, 3.63) is 48.3 Å². The molecule has 1 aromatic heterocycles. The van der Waals surface area contributed by atoms with Gasteiger partial charge in [-0.2, -0.15) is 0 Å². The Kier molecular flexibility index (Phi) is 3.00. The van der Waals surface area contributed by atoms with Crippen LogP contribution >= 0.6 is 0 Å². The molecule has 1 amide bonds. The molecule has 0 aliphatic rings. The van der Waals surface area contributed by atoms with E-state index in [0.29, 0.717) is 0 Å². The zero-order chi connectivity index (χ0) is 12.4. The number of carbonyl (C=O) groups excluding carboxylic acids is 1. The molecule has 0 fully saturated rings. The van der Waals surface area contributed by atoms with Crippen molar-refractivity contribution in [2.45, 2.75) is 6.92 Å². The summed E-state index contributed by atoms with van der Waals surface area (Å²) in [6.07, 6.45) is 1.82. The fraction of sp³-hybridized carbons (Fsp3) is 0.214. The second-order valence-corrected chi connectivity index (χ2v) is 4.23. The first-order chi connectivity index (χ1) is 8.11. The van der Waals surface area contributed by atoms with Crippen LogP contribution in [0, 0.1) is 6.92 Å². The Morgan fingerprint density at radius 3 is 2.35 bits per heavy atom. The predicted octanol–water partition coefficient (Wildman–Crippen LogP) is 2.99. The van der Waals surface area contributed by atoms with Gasteiger partial charge in [0, 0.05) is 31.5 Å². The van der Waals surface area contributed by atoms with E-state index >= 15 is 0 Å². The Labute approximate surface area is 101 Å². The average Bonchev–Trinajstić information content (AvgIpc) is 2.71. The molecule has 2 rings (SSSR count). The number of amides is 1. The summed E-state index contributed by atoms with van der Waals surface area (Å²) in [5, 5.41) is 0. The van der Waals surface area contributed by atoms with Gasteiger partial charge in [-0.25, -0.2) is 4.79 Å². The molecule has 88 valence electrons. The molecule has 3 heteroatoms. The van der Waals surface area contributed by atoms with Gasteiger partial charge in [0.1, 0.15) is 0 Å². The summed E-state index contributed by atoms with van der Waals surface area (Å²) >= 11 is 0. The highest BCUT2D eigenvalue weighted by Gasteiger charge is 2.13. The molecule has 3 nitrogen and oxygen atoms in total. The van der Waals surface area contributed by atoms with Gasteiger partial charge < -0.3 is 4.90 Å². The minimum absolute atomic E-state index is 0.0234. The highest BCUT2D eigenvalue weighted by molar-refractivity contribution is 5.80. The van der Waals surface area contributed by atoms with Crippen LogP contribution < -0.4 is 0 Å². The van der Waals surface area contributed by atoms with E-state index in [-0.39, 0.29) is 6.03 Å². The minimum Gasteiger partial charge on any atom is -0.330 e. The van der Waals surface area contributed by atoms with E-state index in [1.165, 1.54) is 0 Å². The molecule has 0 radical (unpaired) electrons. The van der Waals surface area contributed by atoms with Crippen molar-refractivity contribution in [3.63, 3.8) is 0 Å². The van der Waals surface area contributed by atoms with Gasteiger partial charge in [0.25, 0.3) is 0 Å². The van der Waals surface area contributed by atoms with Crippen molar-refractivity contribution in [1.29, 1.82) is 0 Å². The Hall–Kier alpha value is -2.03. The van der Waals surface area contributed by atoms with Gasteiger partial charge >= 0.3 is 6.03 Å². The fourth-order valence-electron chi connectivity index (χ4n) is 1.86. The molecule has 17 heavy (non-hydrogen) atoms. The quantitative estimate of drug-likeness (QED) is 0.736. The fourth-order valence-corrected chi connectivity index (χ4v) is 1.86. The monoisotopic (exact) mass is 228 g/mol. The predicted molar refractivity (Wildman–Crippen MR) is 69.1 cm³/mol. The summed E-state index contributed by atoms with van der Waals surface area (Å²) in [6.45, 7) is 1.96. The average molecular weight is 228 g/mol. The number of benzene rings is 1. The van der Waals surface area contributed by atoms with Gasteiger partial charge in [0.05, 0.1) is 0 Å². The van der Waals surface area contributed by atoms with Crippen molar-refractivity contribution < 1.29 is 4.79 Å². The number of aromatic nitrogens is 1. The molecule has 0 unspecified atom stereocenters. The molecule has 2 aromatic rings. The maximum absolute atomic E-state index is 11.9. The topological polar surface area (TPSA) is 25.2 Å². The molecule has 0 bridgehead atoms. The first-order valence-electron chi connectivity index (χ1n) is 5.56. The van der Waals surface area contributed by atoms with E-state index < -0.39 is 0 Å². The standard InChI is InChI=1S/C14H16N2O/c1-11-13(12-7-5-4-6-8-12)9-10-16(11)14(17)15(2)3/h4-10H,1-3H3. The molecule has 0 aliphatic carbocycles. The Balaban J connectivity index is 2.44. The maximum atomic E-state index is 11.9. The molecular formula is C14H16N2O. The van der Waals surface area contributed by atoms with Crippen LogP contribution in [0.4, 0.5) is 4.79 Å². The third-order valence-corrected chi connectivity index (χ3v) is 2.81. The normalized spacial score (nSPS) is 10.3. The molecule has 0 aliphatic heterocycles. The molecule has 0 N–H and O–H groups in total. The van der Waals surface area contributed by atoms with Crippen LogP contribution in [0.2, 0.25) is 0 Å². The van der Waals surface area contributed by atoms with Crippen molar-refractivity contribution >= 4 is 6.03 Å². The summed E-state index contributed by atoms with van der Waals surface area (Å²) in [5.41, 5.74) is 3.20. The number of rotatable bonds is 1. The minimum atomic E-state index is -0.0234. The van der Waals surface area contributed by atoms with E-state index in [1.54, 1.807) is 23.6 Å². The largest absolute Gasteiger partial charge is 0.330 e. The number of hydrogen-bond acceptors (Lipinski definition) is 1. The van der Waals surface area contributed by atoms with Crippen molar-refractivity contribution in [3.8, 4) is 11.1 Å². The van der Waals surface area contributed by atoms with Gasteiger partial charge in [-0.3, -0.25) is 4.57 Å². The number of hydrogen-bond donors (Lipinski definition) is 0.